The van der Waals surface area contributed by atoms with Crippen molar-refractivity contribution in [1.82, 2.24) is 4.98 Å². The van der Waals surface area contributed by atoms with Crippen molar-refractivity contribution in [3.05, 3.63) is 36.0 Å². The number of halogens is 2. The van der Waals surface area contributed by atoms with Crippen LogP contribution < -0.4 is 0 Å². The molecule has 1 heterocycles. The smallest absolute Gasteiger partial charge is 0.337 e. The molecule has 0 amide bonds. The van der Waals surface area contributed by atoms with Crippen LogP contribution in [-0.2, 0) is 0 Å². The van der Waals surface area contributed by atoms with Gasteiger partial charge in [-0.15, -0.1) is 24.8 Å². The molecule has 2 aromatic rings. The fraction of sp³-hybridized carbons (Fsp3) is 0. The van der Waals surface area contributed by atoms with Crippen LogP contribution in [-0.4, -0.2) is 16.1 Å². The van der Waals surface area contributed by atoms with E-state index in [4.69, 9.17) is 5.11 Å². The van der Waals surface area contributed by atoms with Crippen molar-refractivity contribution in [2.75, 3.05) is 0 Å². The lowest BCUT2D eigenvalue weighted by molar-refractivity contribution is 0.0699. The van der Waals surface area contributed by atoms with E-state index in [1.165, 1.54) is 6.20 Å². The molecule has 0 atom stereocenters. The average Bonchev–Trinajstić information content (AvgIpc) is 2.47. The second kappa shape index (κ2) is 4.88. The minimum Gasteiger partial charge on any atom is -0.478 e. The molecule has 3 nitrogen and oxygen atoms in total. The molecule has 2 N–H and O–H groups in total. The van der Waals surface area contributed by atoms with E-state index < -0.39 is 5.97 Å². The molecule has 0 aliphatic rings. The monoisotopic (exact) mass is 233 g/mol. The topological polar surface area (TPSA) is 53.1 Å². The highest BCUT2D eigenvalue weighted by Crippen LogP contribution is 2.16. The Morgan fingerprint density at radius 1 is 1.21 bits per heavy atom. The van der Waals surface area contributed by atoms with Crippen molar-refractivity contribution in [3.63, 3.8) is 0 Å². The number of benzene rings is 1. The van der Waals surface area contributed by atoms with Gasteiger partial charge in [-0.3, -0.25) is 0 Å². The molecule has 0 saturated carbocycles. The number of carboxylic acids is 1. The quantitative estimate of drug-likeness (QED) is 0.796. The highest BCUT2D eigenvalue weighted by molar-refractivity contribution is 6.02. The number of aromatic nitrogens is 1. The molecule has 0 radical (unpaired) electrons. The van der Waals surface area contributed by atoms with Crippen LogP contribution >= 0.6 is 24.8 Å². The lowest BCUT2D eigenvalue weighted by Crippen LogP contribution is -1.92. The second-order valence-electron chi connectivity index (χ2n) is 2.55. The molecular formula is C9H9Cl2NO2. The Hall–Kier alpha value is -1.19. The zero-order valence-electron chi connectivity index (χ0n) is 7.06. The van der Waals surface area contributed by atoms with Gasteiger partial charge in [-0.05, 0) is 6.07 Å². The maximum atomic E-state index is 10.7. The molecule has 1 aromatic heterocycles. The number of rotatable bonds is 1. The maximum absolute atomic E-state index is 10.7. The molecule has 0 bridgehead atoms. The largest absolute Gasteiger partial charge is 0.478 e. The van der Waals surface area contributed by atoms with Crippen LogP contribution in [0.15, 0.2) is 30.5 Å². The highest BCUT2D eigenvalue weighted by atomic mass is 35.5. The molecule has 0 aliphatic carbocycles. The Balaban J connectivity index is 0.000000845. The van der Waals surface area contributed by atoms with E-state index in [2.05, 4.69) is 4.98 Å². The third-order valence-electron chi connectivity index (χ3n) is 1.82. The van der Waals surface area contributed by atoms with E-state index in [1.54, 1.807) is 6.07 Å². The number of carbonyl (C=O) groups is 1. The van der Waals surface area contributed by atoms with Crippen LogP contribution in [0.3, 0.4) is 0 Å². The van der Waals surface area contributed by atoms with Gasteiger partial charge in [-0.2, -0.15) is 0 Å². The van der Waals surface area contributed by atoms with Gasteiger partial charge in [0.15, 0.2) is 0 Å². The Morgan fingerprint density at radius 2 is 1.86 bits per heavy atom. The van der Waals surface area contributed by atoms with Crippen LogP contribution in [0.25, 0.3) is 10.9 Å². The molecule has 76 valence electrons. The van der Waals surface area contributed by atoms with E-state index in [1.807, 2.05) is 18.2 Å². The highest BCUT2D eigenvalue weighted by Gasteiger charge is 2.08. The molecule has 0 unspecified atom stereocenters. The van der Waals surface area contributed by atoms with Gasteiger partial charge in [0.25, 0.3) is 0 Å². The number of carboxylic acid groups (broad SMARTS) is 1. The van der Waals surface area contributed by atoms with Gasteiger partial charge in [0, 0.05) is 17.1 Å². The summed E-state index contributed by atoms with van der Waals surface area (Å²) in [7, 11) is 0. The molecular weight excluding hydrogens is 225 g/mol. The maximum Gasteiger partial charge on any atom is 0.337 e. The fourth-order valence-corrected chi connectivity index (χ4v) is 1.25. The Bertz CT molecular complexity index is 439. The SMILES string of the molecule is Cl.Cl.O=C(O)c1c[nH]c2ccccc12. The van der Waals surface area contributed by atoms with E-state index >= 15 is 0 Å². The summed E-state index contributed by atoms with van der Waals surface area (Å²) < 4.78 is 0. The van der Waals surface area contributed by atoms with E-state index in [0.29, 0.717) is 5.56 Å². The van der Waals surface area contributed by atoms with E-state index in [9.17, 15) is 4.79 Å². The summed E-state index contributed by atoms with van der Waals surface area (Å²) in [5.41, 5.74) is 1.18. The zero-order chi connectivity index (χ0) is 8.55. The Morgan fingerprint density at radius 3 is 2.50 bits per heavy atom. The Kier molecular flexibility index (Phi) is 4.47. The predicted octanol–water partition coefficient (Wildman–Crippen LogP) is 2.71. The van der Waals surface area contributed by atoms with Crippen molar-refractivity contribution in [2.45, 2.75) is 0 Å². The number of H-pyrrole nitrogens is 1. The van der Waals surface area contributed by atoms with Gasteiger partial charge >= 0.3 is 5.97 Å². The van der Waals surface area contributed by atoms with Gasteiger partial charge in [0.2, 0.25) is 0 Å². The number of para-hydroxylation sites is 1. The molecule has 0 aliphatic heterocycles. The van der Waals surface area contributed by atoms with Crippen LogP contribution in [0, 0.1) is 0 Å². The number of fused-ring (bicyclic) bond motifs is 1. The van der Waals surface area contributed by atoms with Crippen molar-refractivity contribution < 1.29 is 9.90 Å². The van der Waals surface area contributed by atoms with Gasteiger partial charge in [0.05, 0.1) is 5.56 Å². The third kappa shape index (κ3) is 2.00. The van der Waals surface area contributed by atoms with E-state index in [-0.39, 0.29) is 24.8 Å². The first-order chi connectivity index (χ1) is 5.79. The molecule has 14 heavy (non-hydrogen) atoms. The predicted molar refractivity (Wildman–Crippen MR) is 59.8 cm³/mol. The zero-order valence-corrected chi connectivity index (χ0v) is 8.69. The third-order valence-corrected chi connectivity index (χ3v) is 1.82. The van der Waals surface area contributed by atoms with Crippen LogP contribution in [0.2, 0.25) is 0 Å². The number of hydrogen-bond acceptors (Lipinski definition) is 1. The van der Waals surface area contributed by atoms with Gasteiger partial charge < -0.3 is 10.1 Å². The van der Waals surface area contributed by atoms with Crippen LogP contribution in [0.5, 0.6) is 0 Å². The molecule has 0 saturated heterocycles. The van der Waals surface area contributed by atoms with Crippen LogP contribution in [0.4, 0.5) is 0 Å². The van der Waals surface area contributed by atoms with Crippen molar-refractivity contribution >= 4 is 41.7 Å². The lowest BCUT2D eigenvalue weighted by atomic mass is 10.2. The van der Waals surface area contributed by atoms with Crippen molar-refractivity contribution in [2.24, 2.45) is 0 Å². The van der Waals surface area contributed by atoms with Gasteiger partial charge in [-0.25, -0.2) is 4.79 Å². The van der Waals surface area contributed by atoms with Crippen LogP contribution in [0.1, 0.15) is 10.4 Å². The van der Waals surface area contributed by atoms with Gasteiger partial charge in [-0.1, -0.05) is 18.2 Å². The first-order valence-electron chi connectivity index (χ1n) is 3.58. The number of aromatic carboxylic acids is 1. The van der Waals surface area contributed by atoms with Crippen molar-refractivity contribution in [1.29, 1.82) is 0 Å². The normalized spacial score (nSPS) is 8.86. The summed E-state index contributed by atoms with van der Waals surface area (Å²) >= 11 is 0. The first-order valence-corrected chi connectivity index (χ1v) is 3.58. The minimum absolute atomic E-state index is 0. The summed E-state index contributed by atoms with van der Waals surface area (Å²) in [6.07, 6.45) is 1.51. The van der Waals surface area contributed by atoms with Gasteiger partial charge in [0.1, 0.15) is 0 Å². The molecule has 0 spiro atoms. The molecule has 1 aromatic carbocycles. The Labute approximate surface area is 92.9 Å². The van der Waals surface area contributed by atoms with E-state index in [0.717, 1.165) is 10.9 Å². The molecule has 0 fully saturated rings. The number of hydrogen-bond donors (Lipinski definition) is 2. The molecule has 2 rings (SSSR count). The number of nitrogens with one attached hydrogen (secondary N) is 1. The fourth-order valence-electron chi connectivity index (χ4n) is 1.25. The minimum atomic E-state index is -0.896. The summed E-state index contributed by atoms with van der Waals surface area (Å²) in [6.45, 7) is 0. The standard InChI is InChI=1S/C9H7NO2.2ClH/c11-9(12)7-5-10-8-4-2-1-3-6(7)8;;/h1-5,10H,(H,11,12);2*1H. The average molecular weight is 234 g/mol. The first kappa shape index (κ1) is 12.8. The lowest BCUT2D eigenvalue weighted by Gasteiger charge is -1.89. The summed E-state index contributed by atoms with van der Waals surface area (Å²) in [5.74, 6) is -0.896. The number of aromatic amines is 1. The second-order valence-corrected chi connectivity index (χ2v) is 2.55. The summed E-state index contributed by atoms with van der Waals surface area (Å²) in [6, 6.07) is 7.32. The summed E-state index contributed by atoms with van der Waals surface area (Å²) in [5, 5.41) is 9.51. The molecule has 5 heteroatoms. The summed E-state index contributed by atoms with van der Waals surface area (Å²) in [4.78, 5) is 13.5. The van der Waals surface area contributed by atoms with Crippen molar-refractivity contribution in [3.8, 4) is 0 Å².